The normalized spacial score (nSPS) is 28.2. The molecule has 0 aromatic carbocycles. The maximum absolute atomic E-state index is 11.2. The molecular formula is C8H13NO4. The lowest BCUT2D eigenvalue weighted by molar-refractivity contribution is -0.200. The molecule has 13 heavy (non-hydrogen) atoms. The highest BCUT2D eigenvalue weighted by Gasteiger charge is 2.40. The summed E-state index contributed by atoms with van der Waals surface area (Å²) in [5, 5.41) is 9.38. The van der Waals surface area contributed by atoms with Crippen LogP contribution < -0.4 is 0 Å². The van der Waals surface area contributed by atoms with Crippen LogP contribution in [-0.4, -0.2) is 34.2 Å². The highest BCUT2D eigenvalue weighted by Crippen LogP contribution is 2.28. The molecule has 0 spiro atoms. The summed E-state index contributed by atoms with van der Waals surface area (Å²) >= 11 is 0. The van der Waals surface area contributed by atoms with E-state index in [0.29, 0.717) is 6.42 Å². The average Bonchev–Trinajstić information content (AvgIpc) is 2.27. The van der Waals surface area contributed by atoms with Gasteiger partial charge in [-0.3, -0.25) is 14.4 Å². The molecule has 0 aliphatic carbocycles. The number of carbonyl (C=O) groups is 2. The number of amides is 1. The average molecular weight is 187 g/mol. The minimum absolute atomic E-state index is 0.258. The Morgan fingerprint density at radius 1 is 1.77 bits per heavy atom. The van der Waals surface area contributed by atoms with Gasteiger partial charge in [-0.25, -0.2) is 5.06 Å². The first-order valence-corrected chi connectivity index (χ1v) is 4.18. The van der Waals surface area contributed by atoms with Gasteiger partial charge in [0.2, 0.25) is 5.91 Å². The molecule has 5 heteroatoms. The summed E-state index contributed by atoms with van der Waals surface area (Å²) in [5.41, 5.74) is -0.521. The van der Waals surface area contributed by atoms with Crippen molar-refractivity contribution in [1.29, 1.82) is 0 Å². The predicted molar refractivity (Wildman–Crippen MR) is 43.7 cm³/mol. The molecule has 74 valence electrons. The van der Waals surface area contributed by atoms with Crippen molar-refractivity contribution in [2.75, 3.05) is 6.54 Å². The summed E-state index contributed by atoms with van der Waals surface area (Å²) in [5.74, 6) is -1.32. The second kappa shape index (κ2) is 3.33. The molecule has 0 aromatic heterocycles. The molecule has 1 N–H and O–H groups in total. The number of aliphatic carboxylic acids is 1. The van der Waals surface area contributed by atoms with Gasteiger partial charge in [-0.2, -0.15) is 0 Å². The van der Waals surface area contributed by atoms with Crippen LogP contribution in [0.3, 0.4) is 0 Å². The van der Waals surface area contributed by atoms with Gasteiger partial charge in [0.25, 0.3) is 0 Å². The monoisotopic (exact) mass is 187 g/mol. The summed E-state index contributed by atoms with van der Waals surface area (Å²) in [6, 6.07) is 0. The summed E-state index contributed by atoms with van der Waals surface area (Å²) in [6.07, 6.45) is 0.950. The Bertz CT molecular complexity index is 240. The fourth-order valence-electron chi connectivity index (χ4n) is 1.19. The number of carboxylic acid groups (broad SMARTS) is 1. The molecule has 0 radical (unpaired) electrons. The van der Waals surface area contributed by atoms with Gasteiger partial charge in [-0.1, -0.05) is 6.92 Å². The first-order chi connectivity index (χ1) is 5.97. The van der Waals surface area contributed by atoms with Crippen LogP contribution >= 0.6 is 0 Å². The zero-order valence-corrected chi connectivity index (χ0v) is 7.74. The number of hydrogen-bond donors (Lipinski definition) is 1. The quantitative estimate of drug-likeness (QED) is 0.694. The van der Waals surface area contributed by atoms with Crippen LogP contribution in [0, 0.1) is 0 Å². The van der Waals surface area contributed by atoms with Crippen LogP contribution in [0.2, 0.25) is 0 Å². The third kappa shape index (κ3) is 2.18. The molecule has 1 amide bonds. The van der Waals surface area contributed by atoms with Crippen molar-refractivity contribution in [3.8, 4) is 0 Å². The van der Waals surface area contributed by atoms with E-state index in [2.05, 4.69) is 0 Å². The Morgan fingerprint density at radius 2 is 2.38 bits per heavy atom. The SMILES string of the molecule is CCC1(C)CC(=O)N(CC(=O)O)O1. The van der Waals surface area contributed by atoms with E-state index in [9.17, 15) is 9.59 Å². The van der Waals surface area contributed by atoms with Crippen LogP contribution in [0.5, 0.6) is 0 Å². The molecule has 1 unspecified atom stereocenters. The molecule has 0 saturated carbocycles. The maximum Gasteiger partial charge on any atom is 0.325 e. The first kappa shape index (κ1) is 9.98. The molecule has 1 aliphatic heterocycles. The number of carboxylic acids is 1. The molecule has 5 nitrogen and oxygen atoms in total. The number of hydroxylamine groups is 2. The smallest absolute Gasteiger partial charge is 0.325 e. The molecule has 1 rings (SSSR count). The van der Waals surface area contributed by atoms with E-state index in [1.165, 1.54) is 0 Å². The molecule has 1 heterocycles. The number of nitrogens with zero attached hydrogens (tertiary/aromatic N) is 1. The van der Waals surface area contributed by atoms with Gasteiger partial charge < -0.3 is 5.11 Å². The van der Waals surface area contributed by atoms with Crippen molar-refractivity contribution < 1.29 is 19.5 Å². The lowest BCUT2D eigenvalue weighted by Gasteiger charge is -2.21. The minimum Gasteiger partial charge on any atom is -0.480 e. The van der Waals surface area contributed by atoms with Crippen molar-refractivity contribution in [3.63, 3.8) is 0 Å². The van der Waals surface area contributed by atoms with Crippen molar-refractivity contribution in [2.45, 2.75) is 32.3 Å². The first-order valence-electron chi connectivity index (χ1n) is 4.18. The fourth-order valence-corrected chi connectivity index (χ4v) is 1.19. The molecule has 0 bridgehead atoms. The van der Waals surface area contributed by atoms with Gasteiger partial charge in [0.05, 0.1) is 6.42 Å². The molecule has 1 fully saturated rings. The third-order valence-corrected chi connectivity index (χ3v) is 2.16. The fraction of sp³-hybridized carbons (Fsp3) is 0.750. The Hall–Kier alpha value is -1.10. The Morgan fingerprint density at radius 3 is 2.77 bits per heavy atom. The van der Waals surface area contributed by atoms with Crippen molar-refractivity contribution in [1.82, 2.24) is 5.06 Å². The minimum atomic E-state index is -1.06. The number of rotatable bonds is 3. The van der Waals surface area contributed by atoms with Crippen LogP contribution in [0.25, 0.3) is 0 Å². The van der Waals surface area contributed by atoms with Crippen molar-refractivity contribution in [3.05, 3.63) is 0 Å². The van der Waals surface area contributed by atoms with E-state index in [-0.39, 0.29) is 18.9 Å². The van der Waals surface area contributed by atoms with Crippen molar-refractivity contribution in [2.24, 2.45) is 0 Å². The van der Waals surface area contributed by atoms with Crippen LogP contribution in [0.4, 0.5) is 0 Å². The molecule has 0 aromatic rings. The molecule has 1 saturated heterocycles. The molecular weight excluding hydrogens is 174 g/mol. The van der Waals surface area contributed by atoms with Gasteiger partial charge in [-0.05, 0) is 13.3 Å². The third-order valence-electron chi connectivity index (χ3n) is 2.16. The molecule has 1 aliphatic rings. The lowest BCUT2D eigenvalue weighted by atomic mass is 10.0. The van der Waals surface area contributed by atoms with Crippen LogP contribution in [-0.2, 0) is 14.4 Å². The Kier molecular flexibility index (Phi) is 2.56. The topological polar surface area (TPSA) is 66.8 Å². The lowest BCUT2D eigenvalue weighted by Crippen LogP contribution is -2.31. The summed E-state index contributed by atoms with van der Waals surface area (Å²) in [4.78, 5) is 26.8. The largest absolute Gasteiger partial charge is 0.480 e. The number of carbonyl (C=O) groups excluding carboxylic acids is 1. The van der Waals surface area contributed by atoms with Gasteiger partial charge in [0, 0.05) is 0 Å². The van der Waals surface area contributed by atoms with Crippen LogP contribution in [0.1, 0.15) is 26.7 Å². The van der Waals surface area contributed by atoms with E-state index in [1.54, 1.807) is 6.92 Å². The highest BCUT2D eigenvalue weighted by molar-refractivity contribution is 5.82. The summed E-state index contributed by atoms with van der Waals surface area (Å²) in [6.45, 7) is 3.32. The second-order valence-corrected chi connectivity index (χ2v) is 3.40. The number of hydrogen-bond acceptors (Lipinski definition) is 3. The predicted octanol–water partition coefficient (Wildman–Crippen LogP) is 0.404. The summed E-state index contributed by atoms with van der Waals surface area (Å²) in [7, 11) is 0. The zero-order chi connectivity index (χ0) is 10.1. The van der Waals surface area contributed by atoms with E-state index in [4.69, 9.17) is 9.94 Å². The summed E-state index contributed by atoms with van der Waals surface area (Å²) < 4.78 is 0. The standard InChI is InChI=1S/C8H13NO4/c1-3-8(2)4-6(10)9(13-8)5-7(11)12/h3-5H2,1-2H3,(H,11,12). The zero-order valence-electron chi connectivity index (χ0n) is 7.74. The van der Waals surface area contributed by atoms with E-state index < -0.39 is 11.6 Å². The van der Waals surface area contributed by atoms with Crippen molar-refractivity contribution >= 4 is 11.9 Å². The van der Waals surface area contributed by atoms with Gasteiger partial charge in [0.15, 0.2) is 0 Å². The van der Waals surface area contributed by atoms with Gasteiger partial charge >= 0.3 is 5.97 Å². The highest BCUT2D eigenvalue weighted by atomic mass is 16.7. The maximum atomic E-state index is 11.2. The van der Waals surface area contributed by atoms with Crippen LogP contribution in [0.15, 0.2) is 0 Å². The Balaban J connectivity index is 2.61. The van der Waals surface area contributed by atoms with Gasteiger partial charge in [-0.15, -0.1) is 0 Å². The van der Waals surface area contributed by atoms with E-state index in [1.807, 2.05) is 6.92 Å². The van der Waals surface area contributed by atoms with Gasteiger partial charge in [0.1, 0.15) is 12.1 Å². The van der Waals surface area contributed by atoms with E-state index >= 15 is 0 Å². The Labute approximate surface area is 76.2 Å². The second-order valence-electron chi connectivity index (χ2n) is 3.40. The molecule has 1 atom stereocenters. The van der Waals surface area contributed by atoms with E-state index in [0.717, 1.165) is 5.06 Å².